The zero-order chi connectivity index (χ0) is 20.4. The standard InChI is InChI=1S/C20H18BrN3O3S2/c21-17-12-28-13-19(17)29(26,27)24-10-9-16-14(11-24)5-4-8-18(16)23-20(25)22-15-6-2-1-3-7-15/h1-8,12-13H,9-11H2,(H2,22,23,25). The van der Waals surface area contributed by atoms with E-state index < -0.39 is 10.0 Å². The fraction of sp³-hybridized carbons (Fsp3) is 0.150. The van der Waals surface area contributed by atoms with Crippen LogP contribution in [0, 0.1) is 0 Å². The molecule has 6 nitrogen and oxygen atoms in total. The Kier molecular flexibility index (Phi) is 5.73. The summed E-state index contributed by atoms with van der Waals surface area (Å²) in [5.74, 6) is 0. The molecule has 2 heterocycles. The number of halogens is 1. The molecule has 0 radical (unpaired) electrons. The van der Waals surface area contributed by atoms with Crippen molar-refractivity contribution in [1.29, 1.82) is 0 Å². The minimum Gasteiger partial charge on any atom is -0.308 e. The van der Waals surface area contributed by atoms with Crippen LogP contribution in [0.2, 0.25) is 0 Å². The molecule has 0 bridgehead atoms. The van der Waals surface area contributed by atoms with Crippen molar-refractivity contribution in [2.24, 2.45) is 0 Å². The highest BCUT2D eigenvalue weighted by molar-refractivity contribution is 9.10. The monoisotopic (exact) mass is 491 g/mol. The van der Waals surface area contributed by atoms with E-state index in [1.54, 1.807) is 10.8 Å². The molecule has 150 valence electrons. The normalized spacial score (nSPS) is 14.2. The van der Waals surface area contributed by atoms with Crippen molar-refractivity contribution in [1.82, 2.24) is 4.31 Å². The maximum Gasteiger partial charge on any atom is 0.323 e. The van der Waals surface area contributed by atoms with Gasteiger partial charge in [0.25, 0.3) is 0 Å². The molecule has 4 rings (SSSR count). The molecular weight excluding hydrogens is 474 g/mol. The number of hydrogen-bond donors (Lipinski definition) is 2. The smallest absolute Gasteiger partial charge is 0.308 e. The van der Waals surface area contributed by atoms with Crippen molar-refractivity contribution in [3.05, 3.63) is 74.9 Å². The summed E-state index contributed by atoms with van der Waals surface area (Å²) in [6, 6.07) is 14.4. The Morgan fingerprint density at radius 3 is 2.55 bits per heavy atom. The molecule has 0 spiro atoms. The van der Waals surface area contributed by atoms with Crippen LogP contribution in [0.25, 0.3) is 0 Å². The minimum atomic E-state index is -3.57. The molecule has 9 heteroatoms. The van der Waals surface area contributed by atoms with Crippen LogP contribution in [0.4, 0.5) is 16.2 Å². The summed E-state index contributed by atoms with van der Waals surface area (Å²) in [5, 5.41) is 9.08. The Balaban J connectivity index is 1.52. The number of carbonyl (C=O) groups excluding carboxylic acids is 1. The lowest BCUT2D eigenvalue weighted by Gasteiger charge is -2.29. The van der Waals surface area contributed by atoms with Crippen LogP contribution in [0.15, 0.2) is 68.7 Å². The Hall–Kier alpha value is -2.20. The van der Waals surface area contributed by atoms with Crippen molar-refractivity contribution in [3.8, 4) is 0 Å². The lowest BCUT2D eigenvalue weighted by atomic mass is 9.99. The first-order chi connectivity index (χ1) is 13.9. The Bertz CT molecular complexity index is 1150. The van der Waals surface area contributed by atoms with E-state index in [2.05, 4.69) is 26.6 Å². The number of hydrogen-bond acceptors (Lipinski definition) is 4. The number of sulfonamides is 1. The average Bonchev–Trinajstić information content (AvgIpc) is 3.15. The maximum atomic E-state index is 13.0. The van der Waals surface area contributed by atoms with Crippen molar-refractivity contribution >= 4 is 54.7 Å². The van der Waals surface area contributed by atoms with Crippen LogP contribution < -0.4 is 10.6 Å². The third-order valence-corrected chi connectivity index (χ3v) is 8.71. The van der Waals surface area contributed by atoms with Gasteiger partial charge in [-0.05, 0) is 51.7 Å². The van der Waals surface area contributed by atoms with Gasteiger partial charge in [-0.25, -0.2) is 13.2 Å². The fourth-order valence-electron chi connectivity index (χ4n) is 3.31. The second-order valence-corrected chi connectivity index (χ2v) is 10.1. The van der Waals surface area contributed by atoms with Crippen LogP contribution in [0.1, 0.15) is 11.1 Å². The summed E-state index contributed by atoms with van der Waals surface area (Å²) in [4.78, 5) is 12.6. The van der Waals surface area contributed by atoms with E-state index in [1.165, 1.54) is 15.6 Å². The number of amides is 2. The lowest BCUT2D eigenvalue weighted by molar-refractivity contribution is 0.262. The van der Waals surface area contributed by atoms with E-state index in [-0.39, 0.29) is 12.6 Å². The highest BCUT2D eigenvalue weighted by atomic mass is 79.9. The summed E-state index contributed by atoms with van der Waals surface area (Å²) < 4.78 is 28.0. The van der Waals surface area contributed by atoms with Gasteiger partial charge in [0, 0.05) is 39.7 Å². The molecule has 0 fully saturated rings. The van der Waals surface area contributed by atoms with Gasteiger partial charge in [-0.15, -0.1) is 11.3 Å². The molecule has 1 aromatic heterocycles. The van der Waals surface area contributed by atoms with E-state index in [9.17, 15) is 13.2 Å². The number of anilines is 2. The third kappa shape index (κ3) is 4.23. The number of fused-ring (bicyclic) bond motifs is 1. The average molecular weight is 492 g/mol. The Morgan fingerprint density at radius 1 is 1.03 bits per heavy atom. The molecule has 29 heavy (non-hydrogen) atoms. The summed E-state index contributed by atoms with van der Waals surface area (Å²) in [6.07, 6.45) is 0.526. The van der Waals surface area contributed by atoms with Gasteiger partial charge in [-0.2, -0.15) is 4.31 Å². The molecule has 0 aliphatic carbocycles. The second-order valence-electron chi connectivity index (χ2n) is 6.56. The molecule has 3 aromatic rings. The quantitative estimate of drug-likeness (QED) is 0.544. The van der Waals surface area contributed by atoms with Gasteiger partial charge < -0.3 is 10.6 Å². The van der Waals surface area contributed by atoms with Crippen LogP contribution in [-0.4, -0.2) is 25.3 Å². The van der Waals surface area contributed by atoms with Gasteiger partial charge in [0.1, 0.15) is 4.90 Å². The van der Waals surface area contributed by atoms with Gasteiger partial charge in [0.05, 0.1) is 0 Å². The summed E-state index contributed by atoms with van der Waals surface area (Å²) in [5.41, 5.74) is 3.26. The Morgan fingerprint density at radius 2 is 1.83 bits per heavy atom. The number of para-hydroxylation sites is 1. The maximum absolute atomic E-state index is 13.0. The van der Waals surface area contributed by atoms with Crippen molar-refractivity contribution in [3.63, 3.8) is 0 Å². The third-order valence-electron chi connectivity index (χ3n) is 4.71. The number of nitrogens with one attached hydrogen (secondary N) is 2. The SMILES string of the molecule is O=C(Nc1ccccc1)Nc1cccc2c1CCN(S(=O)(=O)c1cscc1Br)C2. The predicted molar refractivity (Wildman–Crippen MR) is 119 cm³/mol. The number of carbonyl (C=O) groups is 1. The van der Waals surface area contributed by atoms with Crippen molar-refractivity contribution in [2.75, 3.05) is 17.2 Å². The molecule has 0 saturated heterocycles. The van der Waals surface area contributed by atoms with Crippen LogP contribution >= 0.6 is 27.3 Å². The van der Waals surface area contributed by atoms with E-state index in [0.29, 0.717) is 33.7 Å². The highest BCUT2D eigenvalue weighted by Crippen LogP contribution is 2.33. The van der Waals surface area contributed by atoms with Gasteiger partial charge in [0.15, 0.2) is 0 Å². The predicted octanol–water partition coefficient (Wildman–Crippen LogP) is 4.90. The first kappa shape index (κ1) is 20.1. The van der Waals surface area contributed by atoms with Crippen molar-refractivity contribution in [2.45, 2.75) is 17.9 Å². The number of urea groups is 1. The molecule has 1 aliphatic heterocycles. The molecule has 0 atom stereocenters. The van der Waals surface area contributed by atoms with E-state index in [0.717, 1.165) is 11.1 Å². The van der Waals surface area contributed by atoms with Gasteiger partial charge in [0.2, 0.25) is 10.0 Å². The zero-order valence-electron chi connectivity index (χ0n) is 15.3. The van der Waals surface area contributed by atoms with Gasteiger partial charge in [-0.1, -0.05) is 30.3 Å². The molecule has 2 amide bonds. The van der Waals surface area contributed by atoms with Crippen LogP contribution in [0.3, 0.4) is 0 Å². The summed E-state index contributed by atoms with van der Waals surface area (Å²) in [7, 11) is -3.57. The van der Waals surface area contributed by atoms with E-state index in [1.807, 2.05) is 48.5 Å². The summed E-state index contributed by atoms with van der Waals surface area (Å²) >= 11 is 4.66. The molecule has 2 aromatic carbocycles. The topological polar surface area (TPSA) is 78.5 Å². The minimum absolute atomic E-state index is 0.274. The van der Waals surface area contributed by atoms with Crippen LogP contribution in [0.5, 0.6) is 0 Å². The lowest BCUT2D eigenvalue weighted by Crippen LogP contribution is -2.36. The zero-order valence-corrected chi connectivity index (χ0v) is 18.5. The van der Waals surface area contributed by atoms with Crippen molar-refractivity contribution < 1.29 is 13.2 Å². The van der Waals surface area contributed by atoms with Gasteiger partial charge >= 0.3 is 6.03 Å². The summed E-state index contributed by atoms with van der Waals surface area (Å²) in [6.45, 7) is 0.631. The van der Waals surface area contributed by atoms with Crippen LogP contribution in [-0.2, 0) is 23.0 Å². The largest absolute Gasteiger partial charge is 0.323 e. The number of nitrogens with zero attached hydrogens (tertiary/aromatic N) is 1. The number of thiophene rings is 1. The first-order valence-electron chi connectivity index (χ1n) is 8.91. The molecule has 0 saturated carbocycles. The molecular formula is C20H18BrN3O3S2. The highest BCUT2D eigenvalue weighted by Gasteiger charge is 2.31. The first-order valence-corrected chi connectivity index (χ1v) is 12.1. The number of rotatable bonds is 4. The van der Waals surface area contributed by atoms with E-state index >= 15 is 0 Å². The molecule has 0 unspecified atom stereocenters. The number of benzene rings is 2. The Labute approximate surface area is 181 Å². The second kappa shape index (κ2) is 8.27. The van der Waals surface area contributed by atoms with E-state index in [4.69, 9.17) is 0 Å². The van der Waals surface area contributed by atoms with Gasteiger partial charge in [-0.3, -0.25) is 0 Å². The fourth-order valence-corrected chi connectivity index (χ4v) is 7.03. The molecule has 2 N–H and O–H groups in total. The molecule has 1 aliphatic rings.